The first-order valence-electron chi connectivity index (χ1n) is 9.27. The number of carbonyl (C=O) groups excluding carboxylic acids is 1. The van der Waals surface area contributed by atoms with Gasteiger partial charge in [0.1, 0.15) is 5.75 Å². The van der Waals surface area contributed by atoms with Crippen LogP contribution < -0.4 is 4.74 Å². The Bertz CT molecular complexity index is 995. The molecule has 146 valence electrons. The molecule has 0 aliphatic carbocycles. The van der Waals surface area contributed by atoms with Gasteiger partial charge in [-0.3, -0.25) is 4.79 Å². The molecule has 1 saturated heterocycles. The molecular formula is C19H22N6O3. The summed E-state index contributed by atoms with van der Waals surface area (Å²) in [5.41, 5.74) is 2.14. The maximum Gasteiger partial charge on any atom is 0.280 e. The molecule has 1 atom stereocenters. The number of hydrogen-bond donors (Lipinski definition) is 0. The predicted molar refractivity (Wildman–Crippen MR) is 100.0 cm³/mol. The van der Waals surface area contributed by atoms with Crippen LogP contribution in [0.5, 0.6) is 5.75 Å². The SMILES string of the molecule is CCc1noc(-c2cn([C@H]3CCN(C(=O)c4ccc(OC)cc4C)C3)nn2)n1. The Hall–Kier alpha value is -3.23. The van der Waals surface area contributed by atoms with Gasteiger partial charge in [0.15, 0.2) is 11.5 Å². The summed E-state index contributed by atoms with van der Waals surface area (Å²) < 4.78 is 12.2. The molecule has 3 aromatic rings. The van der Waals surface area contributed by atoms with Crippen LogP contribution in [0.3, 0.4) is 0 Å². The molecule has 28 heavy (non-hydrogen) atoms. The highest BCUT2D eigenvalue weighted by Crippen LogP contribution is 2.26. The molecule has 2 aromatic heterocycles. The molecule has 1 aliphatic heterocycles. The van der Waals surface area contributed by atoms with E-state index >= 15 is 0 Å². The maximum atomic E-state index is 12.9. The van der Waals surface area contributed by atoms with E-state index in [4.69, 9.17) is 9.26 Å². The van der Waals surface area contributed by atoms with Crippen molar-refractivity contribution in [1.29, 1.82) is 0 Å². The Kier molecular flexibility index (Phi) is 4.81. The van der Waals surface area contributed by atoms with Gasteiger partial charge in [-0.25, -0.2) is 4.68 Å². The van der Waals surface area contributed by atoms with Gasteiger partial charge in [0, 0.05) is 25.1 Å². The van der Waals surface area contributed by atoms with E-state index in [-0.39, 0.29) is 11.9 Å². The van der Waals surface area contributed by atoms with Crippen LogP contribution in [0.25, 0.3) is 11.6 Å². The Balaban J connectivity index is 1.46. The number of likely N-dealkylation sites (tertiary alicyclic amines) is 1. The number of ether oxygens (including phenoxy) is 1. The summed E-state index contributed by atoms with van der Waals surface area (Å²) in [5, 5.41) is 12.2. The van der Waals surface area contributed by atoms with E-state index in [9.17, 15) is 4.79 Å². The first kappa shape index (κ1) is 18.1. The molecular weight excluding hydrogens is 360 g/mol. The van der Waals surface area contributed by atoms with Crippen molar-refractivity contribution in [3.8, 4) is 17.3 Å². The number of rotatable bonds is 5. The molecule has 1 aliphatic rings. The van der Waals surface area contributed by atoms with Crippen LogP contribution in [0.1, 0.15) is 41.1 Å². The lowest BCUT2D eigenvalue weighted by Gasteiger charge is -2.18. The fourth-order valence-corrected chi connectivity index (χ4v) is 3.37. The van der Waals surface area contributed by atoms with Crippen LogP contribution in [-0.2, 0) is 6.42 Å². The van der Waals surface area contributed by atoms with Crippen LogP contribution in [0, 0.1) is 6.92 Å². The number of aromatic nitrogens is 5. The monoisotopic (exact) mass is 382 g/mol. The minimum Gasteiger partial charge on any atom is -0.497 e. The quantitative estimate of drug-likeness (QED) is 0.667. The third-order valence-electron chi connectivity index (χ3n) is 5.00. The summed E-state index contributed by atoms with van der Waals surface area (Å²) in [6.45, 7) is 5.13. The van der Waals surface area contributed by atoms with Crippen LogP contribution in [-0.4, -0.2) is 56.1 Å². The molecule has 0 spiro atoms. The lowest BCUT2D eigenvalue weighted by Crippen LogP contribution is -2.29. The fourth-order valence-electron chi connectivity index (χ4n) is 3.37. The molecule has 0 N–H and O–H groups in total. The van der Waals surface area contributed by atoms with Crippen LogP contribution in [0.15, 0.2) is 28.9 Å². The zero-order chi connectivity index (χ0) is 19.7. The number of benzene rings is 1. The highest BCUT2D eigenvalue weighted by Gasteiger charge is 2.30. The first-order valence-corrected chi connectivity index (χ1v) is 9.27. The van der Waals surface area contributed by atoms with Gasteiger partial charge in [-0.05, 0) is 37.1 Å². The van der Waals surface area contributed by atoms with E-state index in [2.05, 4.69) is 20.5 Å². The highest BCUT2D eigenvalue weighted by atomic mass is 16.5. The molecule has 9 nitrogen and oxygen atoms in total. The number of amides is 1. The van der Waals surface area contributed by atoms with E-state index in [0.717, 1.165) is 17.7 Å². The zero-order valence-corrected chi connectivity index (χ0v) is 16.1. The summed E-state index contributed by atoms with van der Waals surface area (Å²) in [4.78, 5) is 19.0. The van der Waals surface area contributed by atoms with Crippen molar-refractivity contribution in [3.63, 3.8) is 0 Å². The minimum absolute atomic E-state index is 0.0208. The molecule has 9 heteroatoms. The molecule has 3 heterocycles. The molecule has 0 saturated carbocycles. The lowest BCUT2D eigenvalue weighted by atomic mass is 10.1. The van der Waals surface area contributed by atoms with Gasteiger partial charge in [-0.2, -0.15) is 4.98 Å². The van der Waals surface area contributed by atoms with Gasteiger partial charge in [0.05, 0.1) is 19.3 Å². The molecule has 0 unspecified atom stereocenters. The number of methoxy groups -OCH3 is 1. The standard InChI is InChI=1S/C19H22N6O3/c1-4-17-20-18(28-22-17)16-11-25(23-21-16)13-7-8-24(10-13)19(26)15-6-5-14(27-3)9-12(15)2/h5-6,9,11,13H,4,7-8,10H2,1-3H3/t13-/m0/s1. The molecule has 1 aromatic carbocycles. The van der Waals surface area contributed by atoms with Crippen LogP contribution in [0.2, 0.25) is 0 Å². The Morgan fingerprint density at radius 1 is 1.39 bits per heavy atom. The van der Waals surface area contributed by atoms with Crippen molar-refractivity contribution < 1.29 is 14.1 Å². The van der Waals surface area contributed by atoms with Crippen LogP contribution >= 0.6 is 0 Å². The van der Waals surface area contributed by atoms with Gasteiger partial charge in [0.2, 0.25) is 0 Å². The summed E-state index contributed by atoms with van der Waals surface area (Å²) in [6, 6.07) is 5.57. The first-order chi connectivity index (χ1) is 13.6. The van der Waals surface area contributed by atoms with Crippen molar-refractivity contribution in [1.82, 2.24) is 30.0 Å². The predicted octanol–water partition coefficient (Wildman–Crippen LogP) is 2.29. The van der Waals surface area contributed by atoms with E-state index in [1.54, 1.807) is 18.0 Å². The second-order valence-electron chi connectivity index (χ2n) is 6.83. The summed E-state index contributed by atoms with van der Waals surface area (Å²) in [7, 11) is 1.62. The van der Waals surface area contributed by atoms with E-state index in [1.807, 2.05) is 36.9 Å². The van der Waals surface area contributed by atoms with E-state index < -0.39 is 0 Å². The zero-order valence-electron chi connectivity index (χ0n) is 16.1. The van der Waals surface area contributed by atoms with Gasteiger partial charge < -0.3 is 14.2 Å². The lowest BCUT2D eigenvalue weighted by molar-refractivity contribution is 0.0786. The van der Waals surface area contributed by atoms with Gasteiger partial charge >= 0.3 is 0 Å². The van der Waals surface area contributed by atoms with Gasteiger partial charge in [-0.15, -0.1) is 5.10 Å². The van der Waals surface area contributed by atoms with Gasteiger partial charge in [-0.1, -0.05) is 17.3 Å². The number of carbonyl (C=O) groups is 1. The molecule has 1 amide bonds. The molecule has 4 rings (SSSR count). The smallest absolute Gasteiger partial charge is 0.280 e. The summed E-state index contributed by atoms with van der Waals surface area (Å²) >= 11 is 0. The topological polar surface area (TPSA) is 99.2 Å². The van der Waals surface area contributed by atoms with Crippen molar-refractivity contribution in [2.24, 2.45) is 0 Å². The number of aryl methyl sites for hydroxylation is 2. The minimum atomic E-state index is 0.0208. The van der Waals surface area contributed by atoms with Crippen molar-refractivity contribution >= 4 is 5.91 Å². The third kappa shape index (κ3) is 3.35. The van der Waals surface area contributed by atoms with Gasteiger partial charge in [0.25, 0.3) is 11.8 Å². The largest absolute Gasteiger partial charge is 0.497 e. The Morgan fingerprint density at radius 3 is 2.96 bits per heavy atom. The number of nitrogens with zero attached hydrogens (tertiary/aromatic N) is 6. The average Bonchev–Trinajstić information content (AvgIpc) is 3.46. The number of hydrogen-bond acceptors (Lipinski definition) is 7. The van der Waals surface area contributed by atoms with E-state index in [1.165, 1.54) is 0 Å². The summed E-state index contributed by atoms with van der Waals surface area (Å²) in [6.07, 6.45) is 3.31. The Morgan fingerprint density at radius 2 is 2.25 bits per heavy atom. The van der Waals surface area contributed by atoms with Crippen molar-refractivity contribution in [2.45, 2.75) is 32.7 Å². The second kappa shape index (κ2) is 7.41. The maximum absolute atomic E-state index is 12.9. The third-order valence-corrected chi connectivity index (χ3v) is 5.00. The van der Waals surface area contributed by atoms with Crippen molar-refractivity contribution in [3.05, 3.63) is 41.3 Å². The highest BCUT2D eigenvalue weighted by molar-refractivity contribution is 5.96. The average molecular weight is 382 g/mol. The fraction of sp³-hybridized carbons (Fsp3) is 0.421. The van der Waals surface area contributed by atoms with Crippen molar-refractivity contribution in [2.75, 3.05) is 20.2 Å². The van der Waals surface area contributed by atoms with E-state index in [0.29, 0.717) is 42.5 Å². The second-order valence-corrected chi connectivity index (χ2v) is 6.83. The van der Waals surface area contributed by atoms with Crippen LogP contribution in [0.4, 0.5) is 0 Å². The normalized spacial score (nSPS) is 16.5. The molecule has 0 bridgehead atoms. The molecule has 0 radical (unpaired) electrons. The summed E-state index contributed by atoms with van der Waals surface area (Å²) in [5.74, 6) is 1.77. The molecule has 1 fully saturated rings. The Labute approximate surface area is 162 Å².